The van der Waals surface area contributed by atoms with Gasteiger partial charge >= 0.3 is 12.5 Å². The van der Waals surface area contributed by atoms with Crippen LogP contribution in [0.5, 0.6) is 11.5 Å². The molecule has 3 aromatic rings. The van der Waals surface area contributed by atoms with Gasteiger partial charge in [0.15, 0.2) is 23.2 Å². The van der Waals surface area contributed by atoms with Crippen molar-refractivity contribution in [2.45, 2.75) is 24.7 Å². The number of hydrogen-bond acceptors (Lipinski definition) is 4. The Hall–Kier alpha value is -3.54. The van der Waals surface area contributed by atoms with Crippen molar-refractivity contribution in [1.29, 1.82) is 0 Å². The van der Waals surface area contributed by atoms with Crippen LogP contribution < -0.4 is 14.4 Å². The van der Waals surface area contributed by atoms with E-state index in [-0.39, 0.29) is 41.3 Å². The van der Waals surface area contributed by atoms with E-state index >= 15 is 0 Å². The number of aliphatic hydroxyl groups excluding tert-OH is 1. The fourth-order valence-corrected chi connectivity index (χ4v) is 4.03. The summed E-state index contributed by atoms with van der Waals surface area (Å²) in [6, 6.07) is 10.0. The SMILES string of the molecule is O[C@H](CF)CN1c2cccc(-c3cc(F)c(F)c(F)c3)c2OC[C@@H]1c1cccc(OC(F)(F)C(F)F)c1. The smallest absolute Gasteiger partial charge is 0.461 e. The molecule has 4 rings (SSSR count). The molecule has 1 N–H and O–H groups in total. The number of rotatable bonds is 8. The lowest BCUT2D eigenvalue weighted by molar-refractivity contribution is -0.253. The van der Waals surface area contributed by atoms with Crippen LogP contribution in [0.3, 0.4) is 0 Å². The molecule has 0 bridgehead atoms. The van der Waals surface area contributed by atoms with E-state index in [0.29, 0.717) is 0 Å². The normalized spacial score (nSPS) is 16.4. The molecule has 0 aliphatic carbocycles. The van der Waals surface area contributed by atoms with Gasteiger partial charge in [0, 0.05) is 12.1 Å². The highest BCUT2D eigenvalue weighted by Gasteiger charge is 2.44. The fraction of sp³-hybridized carbons (Fsp3) is 0.280. The summed E-state index contributed by atoms with van der Waals surface area (Å²) in [6.07, 6.45) is -10.3. The lowest BCUT2D eigenvalue weighted by Crippen LogP contribution is -2.42. The van der Waals surface area contributed by atoms with Crippen molar-refractivity contribution in [3.63, 3.8) is 0 Å². The standard InChI is InChI=1S/C25H19F8NO3/c26-10-15(35)11-34-20-6-2-5-17(14-8-18(27)22(29)19(28)9-14)23(20)36-12-21(34)13-3-1-4-16(7-13)37-25(32,33)24(30)31/h1-9,15,21,24,35H,10-12H2/t15-,21-/m1/s1. The van der Waals surface area contributed by atoms with Gasteiger partial charge in [0.1, 0.15) is 19.0 Å². The second kappa shape index (κ2) is 10.4. The summed E-state index contributed by atoms with van der Waals surface area (Å²) in [7, 11) is 0. The number of aliphatic hydroxyl groups is 1. The van der Waals surface area contributed by atoms with Crippen molar-refractivity contribution in [2.75, 3.05) is 24.7 Å². The quantitative estimate of drug-likeness (QED) is 0.274. The third kappa shape index (κ3) is 5.43. The van der Waals surface area contributed by atoms with E-state index in [2.05, 4.69) is 4.74 Å². The van der Waals surface area contributed by atoms with Crippen molar-refractivity contribution < 1.29 is 49.7 Å². The number of alkyl halides is 5. The molecule has 0 aromatic heterocycles. The number of hydrogen-bond donors (Lipinski definition) is 1. The van der Waals surface area contributed by atoms with Crippen molar-refractivity contribution in [1.82, 2.24) is 0 Å². The zero-order chi connectivity index (χ0) is 26.9. The molecular formula is C25H19F8NO3. The predicted octanol–water partition coefficient (Wildman–Crippen LogP) is 6.28. The summed E-state index contributed by atoms with van der Waals surface area (Å²) in [5.41, 5.74) is 0.614. The molecule has 1 aliphatic rings. The van der Waals surface area contributed by atoms with Gasteiger partial charge in [-0.3, -0.25) is 0 Å². The topological polar surface area (TPSA) is 41.9 Å². The van der Waals surface area contributed by atoms with Gasteiger partial charge in [-0.25, -0.2) is 17.6 Å². The Labute approximate surface area is 205 Å². The fourth-order valence-electron chi connectivity index (χ4n) is 4.03. The second-order valence-corrected chi connectivity index (χ2v) is 8.23. The maximum Gasteiger partial charge on any atom is 0.461 e. The van der Waals surface area contributed by atoms with Crippen LogP contribution in [0.2, 0.25) is 0 Å². The highest BCUT2D eigenvalue weighted by atomic mass is 19.3. The molecule has 0 amide bonds. The Kier molecular flexibility index (Phi) is 7.49. The average molecular weight is 533 g/mol. The molecule has 1 aliphatic heterocycles. The summed E-state index contributed by atoms with van der Waals surface area (Å²) in [6.45, 7) is -1.66. The first-order chi connectivity index (χ1) is 17.5. The number of anilines is 1. The summed E-state index contributed by atoms with van der Waals surface area (Å²) >= 11 is 0. The highest BCUT2D eigenvalue weighted by molar-refractivity contribution is 5.80. The van der Waals surface area contributed by atoms with Gasteiger partial charge in [-0.2, -0.15) is 17.6 Å². The molecule has 0 saturated heterocycles. The van der Waals surface area contributed by atoms with E-state index in [9.17, 15) is 40.2 Å². The minimum atomic E-state index is -4.74. The number of halogens is 8. The van der Waals surface area contributed by atoms with Crippen molar-refractivity contribution in [3.05, 3.63) is 77.6 Å². The van der Waals surface area contributed by atoms with Crippen LogP contribution in [-0.2, 0) is 0 Å². The maximum absolute atomic E-state index is 13.9. The monoisotopic (exact) mass is 533 g/mol. The van der Waals surface area contributed by atoms with Crippen LogP contribution in [0.4, 0.5) is 40.8 Å². The first-order valence-corrected chi connectivity index (χ1v) is 10.9. The first kappa shape index (κ1) is 26.5. The maximum atomic E-state index is 13.9. The zero-order valence-corrected chi connectivity index (χ0v) is 18.8. The van der Waals surface area contributed by atoms with Crippen LogP contribution in [0.25, 0.3) is 11.1 Å². The van der Waals surface area contributed by atoms with Crippen LogP contribution in [0.1, 0.15) is 11.6 Å². The number of nitrogens with zero attached hydrogens (tertiary/aromatic N) is 1. The summed E-state index contributed by atoms with van der Waals surface area (Å²) in [5.74, 6) is -4.98. The summed E-state index contributed by atoms with van der Waals surface area (Å²) in [5, 5.41) is 10.1. The lowest BCUT2D eigenvalue weighted by atomic mass is 9.98. The van der Waals surface area contributed by atoms with E-state index in [1.54, 1.807) is 0 Å². The van der Waals surface area contributed by atoms with Crippen molar-refractivity contribution in [3.8, 4) is 22.6 Å². The molecule has 2 atom stereocenters. The Bertz CT molecular complexity index is 1250. The van der Waals surface area contributed by atoms with Crippen molar-refractivity contribution >= 4 is 5.69 Å². The van der Waals surface area contributed by atoms with Gasteiger partial charge in [0.05, 0.1) is 17.8 Å². The van der Waals surface area contributed by atoms with Crippen LogP contribution in [0.15, 0.2) is 54.6 Å². The molecule has 0 saturated carbocycles. The zero-order valence-electron chi connectivity index (χ0n) is 18.8. The molecule has 37 heavy (non-hydrogen) atoms. The van der Waals surface area contributed by atoms with E-state index in [1.165, 1.54) is 35.2 Å². The Morgan fingerprint density at radius 1 is 1.03 bits per heavy atom. The van der Waals surface area contributed by atoms with E-state index < -0.39 is 54.6 Å². The van der Waals surface area contributed by atoms with Gasteiger partial charge in [0.2, 0.25) is 0 Å². The van der Waals surface area contributed by atoms with Crippen LogP contribution in [0, 0.1) is 17.5 Å². The number of β-amino-alcohol motifs (C(OH)–C–C–N with tert-alkyl or cyclic N) is 1. The van der Waals surface area contributed by atoms with Crippen LogP contribution in [-0.4, -0.2) is 43.6 Å². The lowest BCUT2D eigenvalue weighted by Gasteiger charge is -2.40. The number of fused-ring (bicyclic) bond motifs is 1. The molecular weight excluding hydrogens is 514 g/mol. The minimum absolute atomic E-state index is 0.0534. The number of ether oxygens (including phenoxy) is 2. The Morgan fingerprint density at radius 2 is 1.70 bits per heavy atom. The summed E-state index contributed by atoms with van der Waals surface area (Å²) in [4.78, 5) is 1.48. The largest absolute Gasteiger partial charge is 0.488 e. The van der Waals surface area contributed by atoms with Gasteiger partial charge in [0.25, 0.3) is 0 Å². The molecule has 1 heterocycles. The third-order valence-corrected chi connectivity index (χ3v) is 5.70. The van der Waals surface area contributed by atoms with E-state index in [1.807, 2.05) is 0 Å². The van der Waals surface area contributed by atoms with E-state index in [0.717, 1.165) is 24.3 Å². The van der Waals surface area contributed by atoms with Crippen molar-refractivity contribution in [2.24, 2.45) is 0 Å². The molecule has 12 heteroatoms. The highest BCUT2D eigenvalue weighted by Crippen LogP contribution is 2.46. The van der Waals surface area contributed by atoms with E-state index in [4.69, 9.17) is 4.74 Å². The second-order valence-electron chi connectivity index (χ2n) is 8.23. The van der Waals surface area contributed by atoms with Gasteiger partial charge in [-0.05, 0) is 41.5 Å². The number of benzene rings is 3. The van der Waals surface area contributed by atoms with Gasteiger partial charge in [-0.15, -0.1) is 0 Å². The average Bonchev–Trinajstić information content (AvgIpc) is 2.86. The molecule has 198 valence electrons. The molecule has 3 aromatic carbocycles. The molecule has 0 fully saturated rings. The molecule has 0 spiro atoms. The molecule has 0 unspecified atom stereocenters. The number of para-hydroxylation sites is 1. The third-order valence-electron chi connectivity index (χ3n) is 5.70. The molecule has 4 nitrogen and oxygen atoms in total. The van der Waals surface area contributed by atoms with Gasteiger partial charge in [-0.1, -0.05) is 24.3 Å². The predicted molar refractivity (Wildman–Crippen MR) is 117 cm³/mol. The minimum Gasteiger partial charge on any atom is -0.488 e. The first-order valence-electron chi connectivity index (χ1n) is 10.9. The Morgan fingerprint density at radius 3 is 2.35 bits per heavy atom. The molecule has 0 radical (unpaired) electrons. The van der Waals surface area contributed by atoms with Crippen LogP contribution >= 0.6 is 0 Å². The van der Waals surface area contributed by atoms with Gasteiger partial charge < -0.3 is 19.5 Å². The Balaban J connectivity index is 1.76. The summed E-state index contributed by atoms with van der Waals surface area (Å²) < 4.78 is 117.